The molecule has 6 heteroatoms. The smallest absolute Gasteiger partial charge is 0.357 e. The first-order valence-electron chi connectivity index (χ1n) is 7.49. The van der Waals surface area contributed by atoms with Gasteiger partial charge in [0.25, 0.3) is 0 Å². The van der Waals surface area contributed by atoms with Gasteiger partial charge in [-0.1, -0.05) is 19.8 Å². The lowest BCUT2D eigenvalue weighted by molar-refractivity contribution is -0.132. The first kappa shape index (κ1) is 17.1. The average Bonchev–Trinajstić information content (AvgIpc) is 2.34. The Morgan fingerprint density at radius 2 is 2.00 bits per heavy atom. The van der Waals surface area contributed by atoms with Gasteiger partial charge in [-0.2, -0.15) is 13.2 Å². The summed E-state index contributed by atoms with van der Waals surface area (Å²) < 4.78 is 36.3. The molecule has 0 heterocycles. The van der Waals surface area contributed by atoms with Crippen molar-refractivity contribution in [2.45, 2.75) is 52.1 Å². The molecule has 0 bridgehead atoms. The van der Waals surface area contributed by atoms with Crippen molar-refractivity contribution >= 4 is 5.96 Å². The number of nitrogens with zero attached hydrogens (tertiary/aromatic N) is 1. The molecule has 0 spiro atoms. The van der Waals surface area contributed by atoms with Gasteiger partial charge in [-0.05, 0) is 31.6 Å². The molecule has 2 atom stereocenters. The topological polar surface area (TPSA) is 36.4 Å². The van der Waals surface area contributed by atoms with Gasteiger partial charge in [0.2, 0.25) is 0 Å². The summed E-state index contributed by atoms with van der Waals surface area (Å²) in [7, 11) is 0. The molecule has 0 radical (unpaired) electrons. The number of aliphatic imine (C=N–C) groups is 1. The van der Waals surface area contributed by atoms with Crippen LogP contribution in [0.15, 0.2) is 4.99 Å². The van der Waals surface area contributed by atoms with Crippen molar-refractivity contribution in [3.63, 3.8) is 0 Å². The normalized spacial score (nSPS) is 24.6. The largest absolute Gasteiger partial charge is 0.390 e. The third-order valence-electron chi connectivity index (χ3n) is 3.60. The zero-order chi connectivity index (χ0) is 15.0. The Kier molecular flexibility index (Phi) is 7.16. The number of rotatable bonds is 5. The highest BCUT2D eigenvalue weighted by molar-refractivity contribution is 5.79. The van der Waals surface area contributed by atoms with Gasteiger partial charge in [0.15, 0.2) is 5.96 Å². The predicted molar refractivity (Wildman–Crippen MR) is 75.8 cm³/mol. The molecule has 0 aromatic rings. The van der Waals surface area contributed by atoms with E-state index in [1.54, 1.807) is 0 Å². The minimum Gasteiger partial charge on any atom is -0.357 e. The molecule has 1 rings (SSSR count). The lowest BCUT2D eigenvalue weighted by Crippen LogP contribution is -2.39. The van der Waals surface area contributed by atoms with Crippen molar-refractivity contribution in [2.24, 2.45) is 16.8 Å². The summed E-state index contributed by atoms with van der Waals surface area (Å²) in [6.07, 6.45) is -0.0915. The molecule has 2 N–H and O–H groups in total. The van der Waals surface area contributed by atoms with Crippen LogP contribution < -0.4 is 10.6 Å². The lowest BCUT2D eigenvalue weighted by Gasteiger charge is -2.25. The molecule has 3 nitrogen and oxygen atoms in total. The Bertz CT molecular complexity index is 303. The van der Waals surface area contributed by atoms with Crippen molar-refractivity contribution in [2.75, 3.05) is 19.6 Å². The van der Waals surface area contributed by atoms with Crippen LogP contribution in [0.5, 0.6) is 0 Å². The van der Waals surface area contributed by atoms with Crippen LogP contribution in [0.1, 0.15) is 46.0 Å². The van der Waals surface area contributed by atoms with Crippen molar-refractivity contribution in [3.05, 3.63) is 0 Å². The SMILES string of the molecule is CCNC(=NCC1CCCC(C)C1)NCCC(F)(F)F. The van der Waals surface area contributed by atoms with Crippen molar-refractivity contribution < 1.29 is 13.2 Å². The molecule has 0 saturated heterocycles. The third kappa shape index (κ3) is 7.60. The zero-order valence-electron chi connectivity index (χ0n) is 12.4. The Morgan fingerprint density at radius 1 is 1.25 bits per heavy atom. The fourth-order valence-corrected chi connectivity index (χ4v) is 2.61. The van der Waals surface area contributed by atoms with E-state index in [1.807, 2.05) is 6.92 Å². The van der Waals surface area contributed by atoms with Gasteiger partial charge < -0.3 is 10.6 Å². The van der Waals surface area contributed by atoms with Gasteiger partial charge in [0.05, 0.1) is 6.42 Å². The van der Waals surface area contributed by atoms with Crippen LogP contribution in [0, 0.1) is 11.8 Å². The van der Waals surface area contributed by atoms with Crippen LogP contribution in [0.25, 0.3) is 0 Å². The summed E-state index contributed by atoms with van der Waals surface area (Å²) in [4.78, 5) is 4.42. The highest BCUT2D eigenvalue weighted by Crippen LogP contribution is 2.28. The fourth-order valence-electron chi connectivity index (χ4n) is 2.61. The summed E-state index contributed by atoms with van der Waals surface area (Å²) in [6, 6.07) is 0. The minimum atomic E-state index is -4.12. The second-order valence-corrected chi connectivity index (χ2v) is 5.65. The quantitative estimate of drug-likeness (QED) is 0.602. The summed E-state index contributed by atoms with van der Waals surface area (Å²) >= 11 is 0. The van der Waals surface area contributed by atoms with Gasteiger partial charge >= 0.3 is 6.18 Å². The number of guanidine groups is 1. The molecule has 1 saturated carbocycles. The third-order valence-corrected chi connectivity index (χ3v) is 3.60. The molecule has 1 fully saturated rings. The number of hydrogen-bond acceptors (Lipinski definition) is 1. The molecule has 2 unspecified atom stereocenters. The van der Waals surface area contributed by atoms with Gasteiger partial charge in [-0.25, -0.2) is 0 Å². The molecule has 0 amide bonds. The molecule has 0 aromatic carbocycles. The van der Waals surface area contributed by atoms with Crippen molar-refractivity contribution in [1.82, 2.24) is 10.6 Å². The van der Waals surface area contributed by atoms with E-state index in [0.29, 0.717) is 25.0 Å². The van der Waals surface area contributed by atoms with Crippen LogP contribution in [0.2, 0.25) is 0 Å². The Labute approximate surface area is 119 Å². The van der Waals surface area contributed by atoms with E-state index in [2.05, 4.69) is 22.5 Å². The van der Waals surface area contributed by atoms with E-state index in [4.69, 9.17) is 0 Å². The van der Waals surface area contributed by atoms with Gasteiger partial charge in [-0.15, -0.1) is 0 Å². The molecule has 1 aliphatic carbocycles. The Hall–Kier alpha value is -0.940. The van der Waals surface area contributed by atoms with Crippen LogP contribution in [0.3, 0.4) is 0 Å². The maximum Gasteiger partial charge on any atom is 0.390 e. The average molecular weight is 293 g/mol. The molecular formula is C14H26F3N3. The first-order valence-corrected chi connectivity index (χ1v) is 7.49. The molecule has 0 aliphatic heterocycles. The lowest BCUT2D eigenvalue weighted by atomic mass is 9.82. The number of hydrogen-bond donors (Lipinski definition) is 2. The number of nitrogens with one attached hydrogen (secondary N) is 2. The van der Waals surface area contributed by atoms with E-state index in [-0.39, 0.29) is 6.54 Å². The van der Waals surface area contributed by atoms with E-state index in [9.17, 15) is 13.2 Å². The van der Waals surface area contributed by atoms with Crippen molar-refractivity contribution in [3.8, 4) is 0 Å². The van der Waals surface area contributed by atoms with Crippen LogP contribution in [-0.2, 0) is 0 Å². The Morgan fingerprint density at radius 3 is 2.60 bits per heavy atom. The highest BCUT2D eigenvalue weighted by Gasteiger charge is 2.26. The fraction of sp³-hybridized carbons (Fsp3) is 0.929. The standard InChI is InChI=1S/C14H26F3N3/c1-3-18-13(19-8-7-14(15,16)17)20-10-12-6-4-5-11(2)9-12/h11-12H,3-10H2,1-2H3,(H2,18,19,20). The first-order chi connectivity index (χ1) is 9.40. The van der Waals surface area contributed by atoms with Crippen LogP contribution in [-0.4, -0.2) is 31.8 Å². The second kappa shape index (κ2) is 8.37. The Balaban J connectivity index is 2.37. The number of halogens is 3. The van der Waals surface area contributed by atoms with E-state index >= 15 is 0 Å². The van der Waals surface area contributed by atoms with E-state index < -0.39 is 12.6 Å². The second-order valence-electron chi connectivity index (χ2n) is 5.65. The molecule has 118 valence electrons. The highest BCUT2D eigenvalue weighted by atomic mass is 19.4. The van der Waals surface area contributed by atoms with Crippen LogP contribution >= 0.6 is 0 Å². The summed E-state index contributed by atoms with van der Waals surface area (Å²) in [5.41, 5.74) is 0. The number of alkyl halides is 3. The molecule has 20 heavy (non-hydrogen) atoms. The summed E-state index contributed by atoms with van der Waals surface area (Å²) in [6.45, 7) is 5.38. The van der Waals surface area contributed by atoms with E-state index in [0.717, 1.165) is 5.92 Å². The van der Waals surface area contributed by atoms with Crippen LogP contribution in [0.4, 0.5) is 13.2 Å². The van der Waals surface area contributed by atoms with Gasteiger partial charge in [-0.3, -0.25) is 4.99 Å². The summed E-state index contributed by atoms with van der Waals surface area (Å²) in [5, 5.41) is 5.74. The zero-order valence-corrected chi connectivity index (χ0v) is 12.4. The molecule has 1 aliphatic rings. The maximum atomic E-state index is 12.1. The van der Waals surface area contributed by atoms with Gasteiger partial charge in [0, 0.05) is 19.6 Å². The maximum absolute atomic E-state index is 12.1. The minimum absolute atomic E-state index is 0.129. The van der Waals surface area contributed by atoms with Gasteiger partial charge in [0.1, 0.15) is 0 Å². The molecule has 0 aromatic heterocycles. The summed E-state index contributed by atoms with van der Waals surface area (Å²) in [5.74, 6) is 1.80. The van der Waals surface area contributed by atoms with Crippen molar-refractivity contribution in [1.29, 1.82) is 0 Å². The monoisotopic (exact) mass is 293 g/mol. The molecular weight excluding hydrogens is 267 g/mol. The van der Waals surface area contributed by atoms with E-state index in [1.165, 1.54) is 25.7 Å². The predicted octanol–water partition coefficient (Wildman–Crippen LogP) is 3.32.